The van der Waals surface area contributed by atoms with Gasteiger partial charge in [0.05, 0.1) is 5.69 Å². The number of nitrogens with zero attached hydrogens (tertiary/aromatic N) is 2. The van der Waals surface area contributed by atoms with Gasteiger partial charge in [0, 0.05) is 16.2 Å². The van der Waals surface area contributed by atoms with Gasteiger partial charge in [-0.3, -0.25) is 4.79 Å². The Kier molecular flexibility index (Phi) is 3.49. The lowest BCUT2D eigenvalue weighted by Gasteiger charge is -2.04. The Morgan fingerprint density at radius 3 is 2.76 bits per heavy atom. The van der Waals surface area contributed by atoms with Crippen LogP contribution in [0.15, 0.2) is 41.0 Å². The standard InChI is InChI=1S/C12H9BrN2O2/c13-9-4-2-1-3-8(9)10-5-6-14-11(15-10)7-12(16)17/h1-6H,7H2,(H,16,17). The molecule has 0 radical (unpaired) electrons. The molecule has 5 heteroatoms. The van der Waals surface area contributed by atoms with Gasteiger partial charge in [-0.15, -0.1) is 0 Å². The minimum atomic E-state index is -0.936. The van der Waals surface area contributed by atoms with E-state index in [0.29, 0.717) is 11.5 Å². The van der Waals surface area contributed by atoms with Crippen LogP contribution >= 0.6 is 15.9 Å². The molecule has 4 nitrogen and oxygen atoms in total. The van der Waals surface area contributed by atoms with Gasteiger partial charge in [0.25, 0.3) is 0 Å². The number of hydrogen-bond acceptors (Lipinski definition) is 3. The molecular formula is C12H9BrN2O2. The molecule has 86 valence electrons. The predicted octanol–water partition coefficient (Wildman–Crippen LogP) is 2.53. The molecule has 17 heavy (non-hydrogen) atoms. The first-order valence-corrected chi connectivity index (χ1v) is 5.75. The van der Waals surface area contributed by atoms with E-state index in [9.17, 15) is 4.79 Å². The minimum absolute atomic E-state index is 0.168. The summed E-state index contributed by atoms with van der Waals surface area (Å²) in [5.74, 6) is -0.625. The van der Waals surface area contributed by atoms with Crippen molar-refractivity contribution >= 4 is 21.9 Å². The first-order chi connectivity index (χ1) is 8.16. The monoisotopic (exact) mass is 292 g/mol. The zero-order chi connectivity index (χ0) is 12.3. The number of carbonyl (C=O) groups is 1. The van der Waals surface area contributed by atoms with Gasteiger partial charge < -0.3 is 5.11 Å². The highest BCUT2D eigenvalue weighted by molar-refractivity contribution is 9.10. The number of hydrogen-bond donors (Lipinski definition) is 1. The van der Waals surface area contributed by atoms with E-state index in [1.54, 1.807) is 12.3 Å². The maximum atomic E-state index is 10.6. The van der Waals surface area contributed by atoms with Gasteiger partial charge in [-0.05, 0) is 12.1 Å². The van der Waals surface area contributed by atoms with Crippen molar-refractivity contribution in [2.75, 3.05) is 0 Å². The SMILES string of the molecule is O=C(O)Cc1nccc(-c2ccccc2Br)n1. The molecule has 0 saturated carbocycles. The summed E-state index contributed by atoms with van der Waals surface area (Å²) in [6, 6.07) is 9.39. The maximum Gasteiger partial charge on any atom is 0.311 e. The van der Waals surface area contributed by atoms with Gasteiger partial charge in [-0.2, -0.15) is 0 Å². The van der Waals surface area contributed by atoms with E-state index in [-0.39, 0.29) is 6.42 Å². The summed E-state index contributed by atoms with van der Waals surface area (Å²) in [7, 11) is 0. The second-order valence-corrected chi connectivity index (χ2v) is 4.26. The lowest BCUT2D eigenvalue weighted by Crippen LogP contribution is -2.05. The minimum Gasteiger partial charge on any atom is -0.481 e. The Labute approximate surface area is 106 Å². The van der Waals surface area contributed by atoms with E-state index in [1.165, 1.54) is 0 Å². The summed E-state index contributed by atoms with van der Waals surface area (Å²) in [6.07, 6.45) is 1.40. The zero-order valence-corrected chi connectivity index (χ0v) is 10.4. The van der Waals surface area contributed by atoms with Gasteiger partial charge in [0.15, 0.2) is 0 Å². The molecular weight excluding hydrogens is 284 g/mol. The fourth-order valence-corrected chi connectivity index (χ4v) is 1.93. The van der Waals surface area contributed by atoms with Gasteiger partial charge in [-0.1, -0.05) is 34.1 Å². The van der Waals surface area contributed by atoms with Crippen molar-refractivity contribution in [3.8, 4) is 11.3 Å². The van der Waals surface area contributed by atoms with Crippen molar-refractivity contribution < 1.29 is 9.90 Å². The van der Waals surface area contributed by atoms with E-state index in [2.05, 4.69) is 25.9 Å². The highest BCUT2D eigenvalue weighted by atomic mass is 79.9. The third-order valence-corrected chi connectivity index (χ3v) is 2.86. The van der Waals surface area contributed by atoms with E-state index < -0.39 is 5.97 Å². The molecule has 2 aromatic rings. The number of carboxylic acids is 1. The van der Waals surface area contributed by atoms with Crippen molar-refractivity contribution in [3.05, 3.63) is 46.8 Å². The fourth-order valence-electron chi connectivity index (χ4n) is 1.44. The molecule has 1 heterocycles. The van der Waals surface area contributed by atoms with Gasteiger partial charge in [0.1, 0.15) is 12.2 Å². The van der Waals surface area contributed by atoms with Crippen molar-refractivity contribution in [1.82, 2.24) is 9.97 Å². The molecule has 0 fully saturated rings. The van der Waals surface area contributed by atoms with Crippen LogP contribution in [-0.4, -0.2) is 21.0 Å². The average Bonchev–Trinajstić information content (AvgIpc) is 2.29. The highest BCUT2D eigenvalue weighted by Gasteiger charge is 2.07. The summed E-state index contributed by atoms with van der Waals surface area (Å²) in [4.78, 5) is 18.7. The largest absolute Gasteiger partial charge is 0.481 e. The molecule has 0 aliphatic heterocycles. The Hall–Kier alpha value is -1.75. The summed E-state index contributed by atoms with van der Waals surface area (Å²) in [6.45, 7) is 0. The fraction of sp³-hybridized carbons (Fsp3) is 0.0833. The van der Waals surface area contributed by atoms with Crippen molar-refractivity contribution in [3.63, 3.8) is 0 Å². The van der Waals surface area contributed by atoms with Gasteiger partial charge >= 0.3 is 5.97 Å². The number of rotatable bonds is 3. The van der Waals surface area contributed by atoms with Crippen LogP contribution in [-0.2, 0) is 11.2 Å². The quantitative estimate of drug-likeness (QED) is 0.944. The number of aliphatic carboxylic acids is 1. The molecule has 0 saturated heterocycles. The molecule has 1 N–H and O–H groups in total. The molecule has 2 rings (SSSR count). The molecule has 1 aromatic heterocycles. The third kappa shape index (κ3) is 2.88. The molecule has 0 atom stereocenters. The molecule has 0 amide bonds. The van der Waals surface area contributed by atoms with E-state index >= 15 is 0 Å². The van der Waals surface area contributed by atoms with E-state index in [1.807, 2.05) is 24.3 Å². The van der Waals surface area contributed by atoms with Crippen molar-refractivity contribution in [2.24, 2.45) is 0 Å². The lowest BCUT2D eigenvalue weighted by molar-refractivity contribution is -0.136. The van der Waals surface area contributed by atoms with Crippen LogP contribution < -0.4 is 0 Å². The van der Waals surface area contributed by atoms with Crippen LogP contribution in [0.3, 0.4) is 0 Å². The first kappa shape index (κ1) is 11.7. The Morgan fingerprint density at radius 2 is 2.06 bits per heavy atom. The normalized spacial score (nSPS) is 10.2. The van der Waals surface area contributed by atoms with Crippen molar-refractivity contribution in [1.29, 1.82) is 0 Å². The van der Waals surface area contributed by atoms with E-state index in [4.69, 9.17) is 5.11 Å². The predicted molar refractivity (Wildman–Crippen MR) is 66.5 cm³/mol. The second-order valence-electron chi connectivity index (χ2n) is 3.41. The Morgan fingerprint density at radius 1 is 1.29 bits per heavy atom. The first-order valence-electron chi connectivity index (χ1n) is 4.95. The lowest BCUT2D eigenvalue weighted by atomic mass is 10.1. The van der Waals surface area contributed by atoms with Crippen LogP contribution in [0, 0.1) is 0 Å². The molecule has 0 unspecified atom stereocenters. The number of aromatic nitrogens is 2. The molecule has 0 aliphatic carbocycles. The molecule has 0 bridgehead atoms. The summed E-state index contributed by atoms with van der Waals surface area (Å²) in [5, 5.41) is 8.69. The average molecular weight is 293 g/mol. The van der Waals surface area contributed by atoms with E-state index in [0.717, 1.165) is 10.0 Å². The summed E-state index contributed by atoms with van der Waals surface area (Å²) < 4.78 is 0.917. The van der Waals surface area contributed by atoms with Crippen LogP contribution in [0.5, 0.6) is 0 Å². The summed E-state index contributed by atoms with van der Waals surface area (Å²) in [5.41, 5.74) is 1.63. The number of carboxylic acid groups (broad SMARTS) is 1. The number of benzene rings is 1. The third-order valence-electron chi connectivity index (χ3n) is 2.16. The van der Waals surface area contributed by atoms with Crippen LogP contribution in [0.25, 0.3) is 11.3 Å². The van der Waals surface area contributed by atoms with Crippen LogP contribution in [0.2, 0.25) is 0 Å². The topological polar surface area (TPSA) is 63.1 Å². The second kappa shape index (κ2) is 5.05. The van der Waals surface area contributed by atoms with Gasteiger partial charge in [-0.25, -0.2) is 9.97 Å². The molecule has 1 aromatic carbocycles. The Bertz CT molecular complexity index is 558. The van der Waals surface area contributed by atoms with Gasteiger partial charge in [0.2, 0.25) is 0 Å². The Balaban J connectivity index is 2.40. The maximum absolute atomic E-state index is 10.6. The van der Waals surface area contributed by atoms with Crippen LogP contribution in [0.1, 0.15) is 5.82 Å². The molecule has 0 aliphatic rings. The zero-order valence-electron chi connectivity index (χ0n) is 8.80. The van der Waals surface area contributed by atoms with Crippen LogP contribution in [0.4, 0.5) is 0 Å². The number of halogens is 1. The summed E-state index contributed by atoms with van der Waals surface area (Å²) >= 11 is 3.43. The molecule has 0 spiro atoms. The highest BCUT2D eigenvalue weighted by Crippen LogP contribution is 2.25. The van der Waals surface area contributed by atoms with Crippen molar-refractivity contribution in [2.45, 2.75) is 6.42 Å². The smallest absolute Gasteiger partial charge is 0.311 e.